The zero-order valence-electron chi connectivity index (χ0n) is 20.7. The normalized spacial score (nSPS) is 15.3. The maximum atomic E-state index is 13.2. The molecule has 0 saturated heterocycles. The molecule has 0 bridgehead atoms. The van der Waals surface area contributed by atoms with Crippen molar-refractivity contribution >= 4 is 27.2 Å². The van der Waals surface area contributed by atoms with Crippen LogP contribution >= 0.6 is 11.3 Å². The van der Waals surface area contributed by atoms with Gasteiger partial charge in [-0.05, 0) is 79.2 Å². The van der Waals surface area contributed by atoms with Crippen LogP contribution < -0.4 is 4.74 Å². The lowest BCUT2D eigenvalue weighted by Crippen LogP contribution is -2.22. The number of thiophene rings is 1. The van der Waals surface area contributed by atoms with Gasteiger partial charge in [-0.3, -0.25) is 8.98 Å². The van der Waals surface area contributed by atoms with Gasteiger partial charge in [-0.2, -0.15) is 8.42 Å². The Morgan fingerprint density at radius 1 is 1.12 bits per heavy atom. The SMILES string of the molecule is CCc1sc(C(=O)CCc2cc(C)c(OCCOS(C)(=O)=O)c(C)c2)c2c1CC(C)(C)CC2. The third kappa shape index (κ3) is 6.67. The van der Waals surface area contributed by atoms with E-state index in [9.17, 15) is 13.2 Å². The van der Waals surface area contributed by atoms with Crippen molar-refractivity contribution in [2.45, 2.75) is 73.1 Å². The Labute approximate surface area is 202 Å². The molecular weight excluding hydrogens is 456 g/mol. The fourth-order valence-electron chi connectivity index (χ4n) is 4.68. The van der Waals surface area contributed by atoms with Crippen LogP contribution in [0.15, 0.2) is 12.1 Å². The molecule has 33 heavy (non-hydrogen) atoms. The summed E-state index contributed by atoms with van der Waals surface area (Å²) in [4.78, 5) is 15.6. The Morgan fingerprint density at radius 2 is 1.79 bits per heavy atom. The number of hydrogen-bond acceptors (Lipinski definition) is 6. The van der Waals surface area contributed by atoms with E-state index in [2.05, 4.69) is 32.9 Å². The lowest BCUT2D eigenvalue weighted by molar-refractivity contribution is 0.0985. The Hall–Kier alpha value is -1.70. The van der Waals surface area contributed by atoms with Crippen molar-refractivity contribution in [3.63, 3.8) is 0 Å². The van der Waals surface area contributed by atoms with Gasteiger partial charge in [0.2, 0.25) is 0 Å². The highest BCUT2D eigenvalue weighted by molar-refractivity contribution is 7.85. The molecule has 5 nitrogen and oxygen atoms in total. The summed E-state index contributed by atoms with van der Waals surface area (Å²) in [5.41, 5.74) is 6.12. The van der Waals surface area contributed by atoms with Gasteiger partial charge in [0.25, 0.3) is 10.1 Å². The fraction of sp³-hybridized carbons (Fsp3) is 0.577. The highest BCUT2D eigenvalue weighted by atomic mass is 32.2. The average Bonchev–Trinajstić information content (AvgIpc) is 3.06. The summed E-state index contributed by atoms with van der Waals surface area (Å²) in [5, 5.41) is 0. The molecule has 0 N–H and O–H groups in total. The second-order valence-electron chi connectivity index (χ2n) is 9.86. The minimum absolute atomic E-state index is 0.0178. The topological polar surface area (TPSA) is 69.7 Å². The molecule has 0 fully saturated rings. The molecule has 0 atom stereocenters. The predicted molar refractivity (Wildman–Crippen MR) is 134 cm³/mol. The molecule has 0 unspecified atom stereocenters. The summed E-state index contributed by atoms with van der Waals surface area (Å²) in [6.07, 6.45) is 6.42. The maximum Gasteiger partial charge on any atom is 0.264 e. The molecule has 1 aromatic heterocycles. The second-order valence-corrected chi connectivity index (χ2v) is 12.6. The summed E-state index contributed by atoms with van der Waals surface area (Å²) < 4.78 is 32.6. The van der Waals surface area contributed by atoms with Gasteiger partial charge in [0.05, 0.1) is 11.1 Å². The molecule has 1 aromatic carbocycles. The Morgan fingerprint density at radius 3 is 2.39 bits per heavy atom. The summed E-state index contributed by atoms with van der Waals surface area (Å²) in [5.74, 6) is 0.994. The predicted octanol–water partition coefficient (Wildman–Crippen LogP) is 5.61. The van der Waals surface area contributed by atoms with Crippen LogP contribution in [0.2, 0.25) is 0 Å². The van der Waals surface area contributed by atoms with Crippen LogP contribution in [0, 0.1) is 19.3 Å². The molecule has 1 aliphatic carbocycles. The van der Waals surface area contributed by atoms with E-state index in [1.165, 1.54) is 16.0 Å². The van der Waals surface area contributed by atoms with Crippen molar-refractivity contribution in [1.82, 2.24) is 0 Å². The molecule has 0 aliphatic heterocycles. The number of Topliss-reactive ketones (excluding diaryl/α,β-unsaturated/α-hetero) is 1. The number of fused-ring (bicyclic) bond motifs is 1. The smallest absolute Gasteiger partial charge is 0.264 e. The van der Waals surface area contributed by atoms with Gasteiger partial charge in [-0.1, -0.05) is 32.9 Å². The number of hydrogen-bond donors (Lipinski definition) is 0. The fourth-order valence-corrected chi connectivity index (χ4v) is 6.32. The van der Waals surface area contributed by atoms with Gasteiger partial charge in [0.15, 0.2) is 5.78 Å². The zero-order chi connectivity index (χ0) is 24.4. The van der Waals surface area contributed by atoms with E-state index in [4.69, 9.17) is 8.92 Å². The summed E-state index contributed by atoms with van der Waals surface area (Å²) in [6.45, 7) is 10.9. The van der Waals surface area contributed by atoms with E-state index in [0.29, 0.717) is 18.3 Å². The second kappa shape index (κ2) is 10.3. The van der Waals surface area contributed by atoms with Crippen molar-refractivity contribution in [2.24, 2.45) is 5.41 Å². The molecule has 0 amide bonds. The van der Waals surface area contributed by atoms with E-state index in [1.54, 1.807) is 11.3 Å². The van der Waals surface area contributed by atoms with Crippen LogP contribution in [0.4, 0.5) is 0 Å². The van der Waals surface area contributed by atoms with Gasteiger partial charge in [0, 0.05) is 11.3 Å². The number of aryl methyl sites for hydroxylation is 4. The third-order valence-corrected chi connectivity index (χ3v) is 8.32. The van der Waals surface area contributed by atoms with Gasteiger partial charge in [-0.25, -0.2) is 0 Å². The summed E-state index contributed by atoms with van der Waals surface area (Å²) in [6, 6.07) is 4.10. The molecule has 182 valence electrons. The number of carbonyl (C=O) groups excluding carboxylic acids is 1. The Kier molecular flexibility index (Phi) is 8.07. The zero-order valence-corrected chi connectivity index (χ0v) is 22.3. The molecule has 0 radical (unpaired) electrons. The average molecular weight is 493 g/mol. The first-order valence-corrected chi connectivity index (χ1v) is 14.3. The molecule has 1 aliphatic rings. The van der Waals surface area contributed by atoms with E-state index < -0.39 is 10.1 Å². The van der Waals surface area contributed by atoms with Gasteiger partial charge in [0.1, 0.15) is 19.0 Å². The number of benzene rings is 1. The molecule has 0 saturated carbocycles. The molecule has 7 heteroatoms. The number of ether oxygens (including phenoxy) is 1. The summed E-state index contributed by atoms with van der Waals surface area (Å²) >= 11 is 1.72. The highest BCUT2D eigenvalue weighted by Crippen LogP contribution is 2.42. The van der Waals surface area contributed by atoms with Crippen LogP contribution in [-0.2, 0) is 40.0 Å². The van der Waals surface area contributed by atoms with Crippen LogP contribution in [-0.4, -0.2) is 33.7 Å². The monoisotopic (exact) mass is 492 g/mol. The first kappa shape index (κ1) is 25.9. The minimum atomic E-state index is -3.47. The first-order chi connectivity index (χ1) is 15.4. The molecule has 1 heterocycles. The number of rotatable bonds is 10. The van der Waals surface area contributed by atoms with Crippen molar-refractivity contribution in [1.29, 1.82) is 0 Å². The molecular formula is C26H36O5S2. The van der Waals surface area contributed by atoms with E-state index in [0.717, 1.165) is 59.3 Å². The lowest BCUT2D eigenvalue weighted by atomic mass is 9.74. The number of ketones is 1. The first-order valence-electron chi connectivity index (χ1n) is 11.6. The van der Waals surface area contributed by atoms with E-state index in [-0.39, 0.29) is 19.0 Å². The molecule has 3 rings (SSSR count). The maximum absolute atomic E-state index is 13.2. The van der Waals surface area contributed by atoms with Crippen LogP contribution in [0.5, 0.6) is 5.75 Å². The standard InChI is InChI=1S/C26H36O5S2/c1-7-23-21-16-26(4,5)11-10-20(21)25(32-23)22(27)9-8-19-14-17(2)24(18(3)15-19)30-12-13-31-33(6,28)29/h14-15H,7-13,16H2,1-6H3. The number of carbonyl (C=O) groups is 1. The van der Waals surface area contributed by atoms with Crippen LogP contribution in [0.3, 0.4) is 0 Å². The van der Waals surface area contributed by atoms with Crippen molar-refractivity contribution in [3.05, 3.63) is 49.7 Å². The Balaban J connectivity index is 1.66. The van der Waals surface area contributed by atoms with Gasteiger partial charge >= 0.3 is 0 Å². The van der Waals surface area contributed by atoms with Crippen LogP contribution in [0.1, 0.15) is 76.0 Å². The van der Waals surface area contributed by atoms with Crippen LogP contribution in [0.25, 0.3) is 0 Å². The van der Waals surface area contributed by atoms with Crippen molar-refractivity contribution in [2.75, 3.05) is 19.5 Å². The van der Waals surface area contributed by atoms with Crippen molar-refractivity contribution < 1.29 is 22.1 Å². The minimum Gasteiger partial charge on any atom is -0.491 e. The molecule has 2 aromatic rings. The van der Waals surface area contributed by atoms with Gasteiger partial charge < -0.3 is 4.74 Å². The van der Waals surface area contributed by atoms with Crippen molar-refractivity contribution in [3.8, 4) is 5.75 Å². The Bertz CT molecular complexity index is 1100. The quantitative estimate of drug-likeness (QED) is 0.245. The van der Waals surface area contributed by atoms with E-state index in [1.807, 2.05) is 13.8 Å². The van der Waals surface area contributed by atoms with E-state index >= 15 is 0 Å². The van der Waals surface area contributed by atoms with Gasteiger partial charge in [-0.15, -0.1) is 11.3 Å². The lowest BCUT2D eigenvalue weighted by Gasteiger charge is -2.30. The highest BCUT2D eigenvalue weighted by Gasteiger charge is 2.31. The largest absolute Gasteiger partial charge is 0.491 e. The summed E-state index contributed by atoms with van der Waals surface area (Å²) in [7, 11) is -3.47. The molecule has 0 spiro atoms. The third-order valence-electron chi connectivity index (χ3n) is 6.27.